The van der Waals surface area contributed by atoms with Crippen LogP contribution in [0.4, 0.5) is 15.3 Å². The van der Waals surface area contributed by atoms with E-state index in [0.717, 1.165) is 71.3 Å². The highest BCUT2D eigenvalue weighted by Gasteiger charge is 2.20. The molecule has 2 N–H and O–H groups in total. The van der Waals surface area contributed by atoms with Gasteiger partial charge in [0.05, 0.1) is 11.0 Å². The van der Waals surface area contributed by atoms with Crippen molar-refractivity contribution >= 4 is 28.9 Å². The van der Waals surface area contributed by atoms with E-state index in [9.17, 15) is 9.59 Å². The van der Waals surface area contributed by atoms with E-state index >= 15 is 0 Å². The summed E-state index contributed by atoms with van der Waals surface area (Å²) in [6.07, 6.45) is 6.72. The maximum atomic E-state index is 12.5. The molecule has 4 aromatic rings. The number of aryl methyl sites for hydroxylation is 1. The lowest BCUT2D eigenvalue weighted by atomic mass is 10.0. The molecule has 0 saturated carbocycles. The number of anilines is 1. The molecule has 0 saturated heterocycles. The molecule has 0 aliphatic rings. The van der Waals surface area contributed by atoms with Gasteiger partial charge in [0.25, 0.3) is 0 Å². The minimum absolute atomic E-state index is 0.190. The Balaban J connectivity index is 1.53. The Hall–Kier alpha value is -4.33. The van der Waals surface area contributed by atoms with Crippen LogP contribution in [0, 0.1) is 0 Å². The van der Waals surface area contributed by atoms with E-state index in [1.165, 1.54) is 12.8 Å². The zero-order chi connectivity index (χ0) is 31.5. The first-order valence-electron chi connectivity index (χ1n) is 15.8. The van der Waals surface area contributed by atoms with Crippen molar-refractivity contribution in [1.82, 2.24) is 14.9 Å². The number of unbranched alkanes of at least 4 members (excludes halogenated alkanes) is 4. The number of fused-ring (bicyclic) bond motifs is 1. The number of ether oxygens (including phenoxy) is 2. The van der Waals surface area contributed by atoms with Gasteiger partial charge in [0.2, 0.25) is 0 Å². The number of carbonyl (C=O) groups excluding carboxylic acids is 2. The molecular formula is C36H46N4O4. The number of benzene rings is 3. The van der Waals surface area contributed by atoms with Gasteiger partial charge in [0, 0.05) is 30.8 Å². The zero-order valence-electron chi connectivity index (χ0n) is 26.7. The first-order chi connectivity index (χ1) is 21.2. The Labute approximate surface area is 261 Å². The second kappa shape index (κ2) is 15.4. The largest absolute Gasteiger partial charge is 0.514 e. The summed E-state index contributed by atoms with van der Waals surface area (Å²) in [7, 11) is 0. The number of imidazole rings is 1. The fourth-order valence-electron chi connectivity index (χ4n) is 5.01. The van der Waals surface area contributed by atoms with Crippen molar-refractivity contribution in [1.29, 1.82) is 0 Å². The number of para-hydroxylation sites is 1. The molecule has 4 rings (SSSR count). The van der Waals surface area contributed by atoms with Gasteiger partial charge >= 0.3 is 12.2 Å². The molecule has 44 heavy (non-hydrogen) atoms. The molecule has 8 heteroatoms. The zero-order valence-corrected chi connectivity index (χ0v) is 26.7. The van der Waals surface area contributed by atoms with E-state index in [-0.39, 0.29) is 6.03 Å². The molecule has 0 fully saturated rings. The number of hydrogen-bond acceptors (Lipinski definition) is 5. The lowest BCUT2D eigenvalue weighted by Gasteiger charge is -2.19. The van der Waals surface area contributed by atoms with Crippen LogP contribution in [0.25, 0.3) is 22.2 Å². The van der Waals surface area contributed by atoms with Crippen LogP contribution < -0.4 is 15.4 Å². The second-order valence-corrected chi connectivity index (χ2v) is 12.1. The van der Waals surface area contributed by atoms with E-state index < -0.39 is 11.8 Å². The third-order valence-corrected chi connectivity index (χ3v) is 7.23. The maximum Gasteiger partial charge on any atom is 0.514 e. The van der Waals surface area contributed by atoms with Crippen molar-refractivity contribution in [3.05, 3.63) is 78.1 Å². The SMILES string of the molecule is CCCCCCNC(=O)Nc1ccc2nc(CCCC)n(Cc3ccc(-c4ccccc4OC(=O)OC(C)(C)C)cc3)c2c1. The van der Waals surface area contributed by atoms with Crippen LogP contribution in [0.15, 0.2) is 66.7 Å². The number of rotatable bonds is 13. The fourth-order valence-corrected chi connectivity index (χ4v) is 5.01. The molecule has 0 aliphatic heterocycles. The Bertz CT molecular complexity index is 1540. The van der Waals surface area contributed by atoms with Crippen molar-refractivity contribution in [3.63, 3.8) is 0 Å². The van der Waals surface area contributed by atoms with Crippen LogP contribution in [0.2, 0.25) is 0 Å². The van der Waals surface area contributed by atoms with Gasteiger partial charge in [0.1, 0.15) is 17.2 Å². The summed E-state index contributed by atoms with van der Waals surface area (Å²) in [5.41, 5.74) is 4.84. The number of hydrogen-bond donors (Lipinski definition) is 2. The highest BCUT2D eigenvalue weighted by molar-refractivity contribution is 5.92. The van der Waals surface area contributed by atoms with Gasteiger partial charge in [-0.1, -0.05) is 82.0 Å². The van der Waals surface area contributed by atoms with Crippen molar-refractivity contribution in [3.8, 4) is 16.9 Å². The Kier molecular flexibility index (Phi) is 11.4. The Morgan fingerprint density at radius 1 is 0.886 bits per heavy atom. The fraction of sp³-hybridized carbons (Fsp3) is 0.417. The number of nitrogens with one attached hydrogen (secondary N) is 2. The molecule has 1 aromatic heterocycles. The number of nitrogens with zero attached hydrogens (tertiary/aromatic N) is 2. The van der Waals surface area contributed by atoms with Crippen molar-refractivity contribution in [2.24, 2.45) is 0 Å². The molecule has 234 valence electrons. The third kappa shape index (κ3) is 9.33. The smallest absolute Gasteiger partial charge is 0.428 e. The van der Waals surface area contributed by atoms with Crippen LogP contribution in [0.1, 0.15) is 84.5 Å². The van der Waals surface area contributed by atoms with Crippen molar-refractivity contribution < 1.29 is 19.1 Å². The minimum Gasteiger partial charge on any atom is -0.428 e. The third-order valence-electron chi connectivity index (χ3n) is 7.23. The van der Waals surface area contributed by atoms with E-state index in [4.69, 9.17) is 14.5 Å². The lowest BCUT2D eigenvalue weighted by Crippen LogP contribution is -2.29. The van der Waals surface area contributed by atoms with Gasteiger partial charge in [-0.05, 0) is 69.0 Å². The predicted molar refractivity (Wildman–Crippen MR) is 177 cm³/mol. The molecule has 8 nitrogen and oxygen atoms in total. The molecule has 0 aliphatic carbocycles. The summed E-state index contributed by atoms with van der Waals surface area (Å²) in [6.45, 7) is 11.1. The van der Waals surface area contributed by atoms with Crippen LogP contribution >= 0.6 is 0 Å². The molecule has 0 unspecified atom stereocenters. The molecule has 3 aromatic carbocycles. The normalized spacial score (nSPS) is 11.4. The minimum atomic E-state index is -0.730. The molecule has 2 amide bonds. The number of carbonyl (C=O) groups is 2. The van der Waals surface area contributed by atoms with Crippen LogP contribution in [-0.2, 0) is 17.7 Å². The first-order valence-corrected chi connectivity index (χ1v) is 15.8. The standard InChI is InChI=1S/C36H46N4O4/c1-6-8-10-13-23-37-34(41)38-28-21-22-30-31(24-28)40(33(39-30)16-9-7-2)25-26-17-19-27(20-18-26)29-14-11-12-15-32(29)43-35(42)44-36(3,4)5/h11-12,14-15,17-22,24H,6-10,13,16,23,25H2,1-5H3,(H2,37,38,41). The second-order valence-electron chi connectivity index (χ2n) is 12.1. The van der Waals surface area contributed by atoms with E-state index in [0.29, 0.717) is 18.8 Å². The number of amides is 2. The predicted octanol–water partition coefficient (Wildman–Crippen LogP) is 9.11. The summed E-state index contributed by atoms with van der Waals surface area (Å²) in [5.74, 6) is 1.47. The molecule has 1 heterocycles. The summed E-state index contributed by atoms with van der Waals surface area (Å²) < 4.78 is 13.2. The summed E-state index contributed by atoms with van der Waals surface area (Å²) in [5, 5.41) is 5.95. The summed E-state index contributed by atoms with van der Waals surface area (Å²) in [6, 6.07) is 21.4. The van der Waals surface area contributed by atoms with Gasteiger partial charge in [0.15, 0.2) is 0 Å². The van der Waals surface area contributed by atoms with Crippen LogP contribution in [-0.4, -0.2) is 33.9 Å². The Morgan fingerprint density at radius 3 is 2.36 bits per heavy atom. The number of urea groups is 1. The Morgan fingerprint density at radius 2 is 1.64 bits per heavy atom. The summed E-state index contributed by atoms with van der Waals surface area (Å²) in [4.78, 5) is 29.8. The van der Waals surface area contributed by atoms with Crippen molar-refractivity contribution in [2.45, 2.75) is 91.7 Å². The molecular weight excluding hydrogens is 552 g/mol. The van der Waals surface area contributed by atoms with Gasteiger partial charge in [-0.2, -0.15) is 0 Å². The molecule has 0 bridgehead atoms. The summed E-state index contributed by atoms with van der Waals surface area (Å²) >= 11 is 0. The average Bonchev–Trinajstić information content (AvgIpc) is 3.32. The monoisotopic (exact) mass is 598 g/mol. The van der Waals surface area contributed by atoms with Crippen molar-refractivity contribution in [2.75, 3.05) is 11.9 Å². The quantitative estimate of drug-likeness (QED) is 0.0909. The van der Waals surface area contributed by atoms with E-state index in [1.807, 2.05) is 48.5 Å². The lowest BCUT2D eigenvalue weighted by molar-refractivity contribution is 0.0207. The van der Waals surface area contributed by atoms with Crippen LogP contribution in [0.3, 0.4) is 0 Å². The molecule has 0 spiro atoms. The average molecular weight is 599 g/mol. The number of aromatic nitrogens is 2. The topological polar surface area (TPSA) is 94.5 Å². The van der Waals surface area contributed by atoms with Gasteiger partial charge < -0.3 is 24.7 Å². The highest BCUT2D eigenvalue weighted by atomic mass is 16.7. The van der Waals surface area contributed by atoms with E-state index in [1.54, 1.807) is 26.8 Å². The maximum absolute atomic E-state index is 12.5. The van der Waals surface area contributed by atoms with E-state index in [2.05, 4.69) is 41.2 Å². The van der Waals surface area contributed by atoms with Crippen LogP contribution in [0.5, 0.6) is 5.75 Å². The molecule has 0 atom stereocenters. The highest BCUT2D eigenvalue weighted by Crippen LogP contribution is 2.31. The molecule has 0 radical (unpaired) electrons. The van der Waals surface area contributed by atoms with Gasteiger partial charge in [-0.3, -0.25) is 0 Å². The van der Waals surface area contributed by atoms with Gasteiger partial charge in [-0.25, -0.2) is 14.6 Å². The van der Waals surface area contributed by atoms with Gasteiger partial charge in [-0.15, -0.1) is 0 Å². The first kappa shape index (κ1) is 32.6.